The van der Waals surface area contributed by atoms with E-state index >= 15 is 0 Å². The van der Waals surface area contributed by atoms with Crippen LogP contribution < -0.4 is 19.3 Å². The third-order valence-electron chi connectivity index (χ3n) is 9.11. The van der Waals surface area contributed by atoms with E-state index in [0.717, 1.165) is 32.2 Å². The Kier molecular flexibility index (Phi) is 8.43. The number of ether oxygens (including phenoxy) is 2. The molecule has 2 aliphatic heterocycles. The summed E-state index contributed by atoms with van der Waals surface area (Å²) in [6, 6.07) is 22.1. The van der Waals surface area contributed by atoms with E-state index in [4.69, 9.17) is 33.9 Å². The minimum atomic E-state index is -0.197. The van der Waals surface area contributed by atoms with Crippen molar-refractivity contribution < 1.29 is 9.47 Å². The zero-order chi connectivity index (χ0) is 32.4. The van der Waals surface area contributed by atoms with Gasteiger partial charge in [0.15, 0.2) is 0 Å². The Labute approximate surface area is 296 Å². The fraction of sp³-hybridized carbons (Fsp3) is 0.333. The normalized spacial score (nSPS) is 15.5. The highest BCUT2D eigenvalue weighted by Crippen LogP contribution is 2.55. The number of hydrogen-bond acceptors (Lipinski definition) is 10. The fourth-order valence-electron chi connectivity index (χ4n) is 6.73. The van der Waals surface area contributed by atoms with Crippen LogP contribution in [0, 0.1) is 7.65 Å². The molecule has 2 aromatic heterocycles. The first kappa shape index (κ1) is 32.0. The maximum atomic E-state index is 5.90. The van der Waals surface area contributed by atoms with Crippen LogP contribution in [0.25, 0.3) is 22.3 Å². The van der Waals surface area contributed by atoms with Gasteiger partial charge in [0, 0.05) is 46.7 Å². The molecule has 0 saturated heterocycles. The maximum absolute atomic E-state index is 5.90. The van der Waals surface area contributed by atoms with Crippen LogP contribution in [0.15, 0.2) is 60.7 Å². The summed E-state index contributed by atoms with van der Waals surface area (Å²) in [7, 11) is 7.02. The molecule has 3 aromatic carbocycles. The summed E-state index contributed by atoms with van der Waals surface area (Å²) in [6.45, 7) is 16.2. The van der Waals surface area contributed by atoms with Crippen LogP contribution in [-0.2, 0) is 24.2 Å². The maximum Gasteiger partial charge on any atom is 0.120 e. The molecule has 0 saturated carbocycles. The molecule has 7 rings (SSSR count). The van der Waals surface area contributed by atoms with Crippen molar-refractivity contribution in [2.75, 3.05) is 23.0 Å². The molecule has 0 amide bonds. The molecule has 4 nitrogen and oxygen atoms in total. The number of benzene rings is 3. The van der Waals surface area contributed by atoms with Gasteiger partial charge in [0.2, 0.25) is 0 Å². The van der Waals surface area contributed by atoms with Gasteiger partial charge in [0.25, 0.3) is 0 Å². The second-order valence-electron chi connectivity index (χ2n) is 12.6. The topological polar surface area (TPSA) is 24.9 Å². The zero-order valence-corrected chi connectivity index (χ0v) is 31.7. The number of rotatable bonds is 8. The van der Waals surface area contributed by atoms with Crippen molar-refractivity contribution in [3.05, 3.63) is 89.2 Å². The van der Waals surface area contributed by atoms with Gasteiger partial charge >= 0.3 is 0 Å². The summed E-state index contributed by atoms with van der Waals surface area (Å²) < 4.78 is 13.7. The number of fused-ring (bicyclic) bond motifs is 6. The van der Waals surface area contributed by atoms with E-state index in [1.54, 1.807) is 20.7 Å². The average molecular weight is 721 g/mol. The molecule has 238 valence electrons. The second-order valence-corrected chi connectivity index (χ2v) is 18.3. The first-order chi connectivity index (χ1) is 22.0. The van der Waals surface area contributed by atoms with Crippen LogP contribution in [0.4, 0.5) is 11.4 Å². The van der Waals surface area contributed by atoms with Gasteiger partial charge in [0.05, 0.1) is 34.0 Å². The highest BCUT2D eigenvalue weighted by Gasteiger charge is 2.41. The first-order valence-electron chi connectivity index (χ1n) is 15.5. The summed E-state index contributed by atoms with van der Waals surface area (Å²) in [4.78, 5) is 7.71. The van der Waals surface area contributed by atoms with Gasteiger partial charge < -0.3 is 19.3 Å². The third kappa shape index (κ3) is 5.25. The molecule has 0 bridgehead atoms. The van der Waals surface area contributed by atoms with Crippen LogP contribution in [-0.4, -0.2) is 13.2 Å². The van der Waals surface area contributed by atoms with Gasteiger partial charge in [-0.25, -0.2) is 0 Å². The SMILES string of the molecule is CCOc1ccc2c(c1)-c1c(ssc1=S)C(C)(C)N2Cc1ccc(CN2c3ccc(OCC)cc3-c3c(ssc3=S)C2(C)C)cc1. The summed E-state index contributed by atoms with van der Waals surface area (Å²) in [5, 5.41) is 0. The molecule has 0 N–H and O–H groups in total. The third-order valence-corrected chi connectivity index (χ3v) is 15.8. The van der Waals surface area contributed by atoms with Gasteiger partial charge in [-0.1, -0.05) is 90.1 Å². The van der Waals surface area contributed by atoms with E-state index in [2.05, 4.69) is 98.2 Å². The van der Waals surface area contributed by atoms with Crippen molar-refractivity contribution in [1.29, 1.82) is 0 Å². The summed E-state index contributed by atoms with van der Waals surface area (Å²) in [5.74, 6) is 1.77. The number of hydrogen-bond donors (Lipinski definition) is 0. The lowest BCUT2D eigenvalue weighted by Gasteiger charge is -2.45. The second kappa shape index (κ2) is 12.1. The highest BCUT2D eigenvalue weighted by atomic mass is 32.9. The Morgan fingerprint density at radius 1 is 0.587 bits per heavy atom. The van der Waals surface area contributed by atoms with Crippen molar-refractivity contribution in [2.24, 2.45) is 0 Å². The van der Waals surface area contributed by atoms with E-state index in [0.29, 0.717) is 13.2 Å². The van der Waals surface area contributed by atoms with E-state index in [1.165, 1.54) is 54.5 Å². The van der Waals surface area contributed by atoms with Gasteiger partial charge in [0.1, 0.15) is 19.1 Å². The molecule has 2 aliphatic rings. The number of nitrogens with zero attached hydrogens (tertiary/aromatic N) is 2. The van der Waals surface area contributed by atoms with E-state index in [9.17, 15) is 0 Å². The van der Waals surface area contributed by atoms with Crippen LogP contribution in [0.5, 0.6) is 11.5 Å². The Morgan fingerprint density at radius 2 is 0.978 bits per heavy atom. The number of anilines is 2. The average Bonchev–Trinajstić information content (AvgIpc) is 3.62. The Morgan fingerprint density at radius 3 is 1.35 bits per heavy atom. The molecule has 0 spiro atoms. The summed E-state index contributed by atoms with van der Waals surface area (Å²) in [6.07, 6.45) is 0. The molecule has 0 atom stereocenters. The van der Waals surface area contributed by atoms with Crippen molar-refractivity contribution in [3.63, 3.8) is 0 Å². The summed E-state index contributed by atoms with van der Waals surface area (Å²) >= 11 is 11.7. The smallest absolute Gasteiger partial charge is 0.120 e. The largest absolute Gasteiger partial charge is 0.494 e. The van der Waals surface area contributed by atoms with Gasteiger partial charge in [-0.05, 0) is 89.1 Å². The van der Waals surface area contributed by atoms with Gasteiger partial charge in [-0.15, -0.1) is 0 Å². The molecule has 10 heteroatoms. The first-order valence-corrected chi connectivity index (χ1v) is 20.6. The molecular formula is C36H36N2O2S6. The lowest BCUT2D eigenvalue weighted by Crippen LogP contribution is -2.43. The molecule has 0 radical (unpaired) electrons. The van der Waals surface area contributed by atoms with Crippen molar-refractivity contribution in [2.45, 2.75) is 65.7 Å². The Bertz CT molecular complexity index is 1900. The van der Waals surface area contributed by atoms with E-state index in [1.807, 2.05) is 34.5 Å². The van der Waals surface area contributed by atoms with Crippen LogP contribution in [0.2, 0.25) is 0 Å². The lowest BCUT2D eigenvalue weighted by molar-refractivity contribution is 0.340. The molecule has 5 aromatic rings. The van der Waals surface area contributed by atoms with Crippen molar-refractivity contribution in [3.8, 4) is 33.8 Å². The predicted molar refractivity (Wildman–Crippen MR) is 204 cm³/mol. The van der Waals surface area contributed by atoms with Crippen molar-refractivity contribution >= 4 is 77.2 Å². The monoisotopic (exact) mass is 720 g/mol. The van der Waals surface area contributed by atoms with Crippen LogP contribution >= 0.6 is 65.8 Å². The minimum absolute atomic E-state index is 0.197. The molecule has 4 heterocycles. The highest BCUT2D eigenvalue weighted by molar-refractivity contribution is 7.80. The van der Waals surface area contributed by atoms with Crippen LogP contribution in [0.3, 0.4) is 0 Å². The van der Waals surface area contributed by atoms with E-state index < -0.39 is 0 Å². The fourth-order valence-corrected chi connectivity index (χ4v) is 13.3. The zero-order valence-electron chi connectivity index (χ0n) is 26.8. The summed E-state index contributed by atoms with van der Waals surface area (Å²) in [5.41, 5.74) is 9.32. The lowest BCUT2D eigenvalue weighted by atomic mass is 9.86. The Hall–Kier alpha value is -2.60. The quantitative estimate of drug-likeness (QED) is 0.117. The predicted octanol–water partition coefficient (Wildman–Crippen LogP) is 12.0. The molecule has 46 heavy (non-hydrogen) atoms. The van der Waals surface area contributed by atoms with Crippen molar-refractivity contribution in [1.82, 2.24) is 0 Å². The van der Waals surface area contributed by atoms with E-state index in [-0.39, 0.29) is 11.1 Å². The van der Waals surface area contributed by atoms with Crippen LogP contribution in [0.1, 0.15) is 62.4 Å². The minimum Gasteiger partial charge on any atom is -0.494 e. The van der Waals surface area contributed by atoms with Gasteiger partial charge in [-0.3, -0.25) is 0 Å². The molecule has 0 fully saturated rings. The molecule has 0 aliphatic carbocycles. The molecule has 0 unspecified atom stereocenters. The standard InChI is InChI=1S/C36H36N2O2S6/c1-7-39-23-13-15-27-25(17-23)29-31(43-45-33(29)41)35(3,4)37(27)19-21-9-11-22(12-10-21)20-38-28-16-14-24(40-8-2)18-26(28)30-32(36(38,5)6)44-46-34(30)42/h9-18H,7-8,19-20H2,1-6H3. The Balaban J connectivity index is 1.20. The van der Waals surface area contributed by atoms with Gasteiger partial charge in [-0.2, -0.15) is 0 Å². The molecular weight excluding hydrogens is 685 g/mol.